The summed E-state index contributed by atoms with van der Waals surface area (Å²) in [6.07, 6.45) is 0.926. The molecule has 104 valence electrons. The zero-order valence-electron chi connectivity index (χ0n) is 12.4. The Morgan fingerprint density at radius 2 is 1.72 bits per heavy atom. The summed E-state index contributed by atoms with van der Waals surface area (Å²) in [5, 5.41) is 2.77. The van der Waals surface area contributed by atoms with Gasteiger partial charge in [0.2, 0.25) is 11.8 Å². The number of nitrogens with one attached hydrogen (secondary N) is 1. The van der Waals surface area contributed by atoms with Crippen molar-refractivity contribution in [1.29, 1.82) is 0 Å². The number of hydrogen-bond acceptors (Lipinski definition) is 2. The van der Waals surface area contributed by atoms with Gasteiger partial charge in [-0.1, -0.05) is 27.7 Å². The van der Waals surface area contributed by atoms with Crippen LogP contribution < -0.4 is 5.32 Å². The highest BCUT2D eigenvalue weighted by Gasteiger charge is 2.42. The topological polar surface area (TPSA) is 49.4 Å². The summed E-state index contributed by atoms with van der Waals surface area (Å²) in [4.78, 5) is 26.2. The fourth-order valence-electron chi connectivity index (χ4n) is 2.76. The number of hydrogen-bond donors (Lipinski definition) is 1. The van der Waals surface area contributed by atoms with Crippen LogP contribution in [0.1, 0.15) is 48.0 Å². The standard InChI is InChI=1S/C14H26N2O2/c1-8(2)7-10(5)16-12(9(3)4)13(17)15-11(6)14(16)18/h8-12H,7H2,1-6H3,(H,15,17). The molecule has 0 aromatic heterocycles. The second-order valence-electron chi connectivity index (χ2n) is 6.14. The second kappa shape index (κ2) is 5.72. The smallest absolute Gasteiger partial charge is 0.245 e. The first kappa shape index (κ1) is 15.0. The largest absolute Gasteiger partial charge is 0.343 e. The molecule has 1 rings (SSSR count). The molecule has 0 aromatic carbocycles. The fourth-order valence-corrected chi connectivity index (χ4v) is 2.76. The number of piperazine rings is 1. The molecule has 0 aromatic rings. The van der Waals surface area contributed by atoms with Gasteiger partial charge in [-0.25, -0.2) is 0 Å². The molecule has 1 heterocycles. The quantitative estimate of drug-likeness (QED) is 0.831. The lowest BCUT2D eigenvalue weighted by Crippen LogP contribution is -2.66. The van der Waals surface area contributed by atoms with E-state index in [0.29, 0.717) is 5.92 Å². The monoisotopic (exact) mass is 254 g/mol. The van der Waals surface area contributed by atoms with E-state index in [-0.39, 0.29) is 29.8 Å². The van der Waals surface area contributed by atoms with Crippen molar-refractivity contribution >= 4 is 11.8 Å². The SMILES string of the molecule is CC(C)CC(C)N1C(=O)C(C)NC(=O)C1C(C)C. The molecular weight excluding hydrogens is 228 g/mol. The van der Waals surface area contributed by atoms with Crippen molar-refractivity contribution in [1.82, 2.24) is 10.2 Å². The first-order valence-electron chi connectivity index (χ1n) is 6.88. The second-order valence-corrected chi connectivity index (χ2v) is 6.14. The minimum absolute atomic E-state index is 0.0206. The molecule has 3 unspecified atom stereocenters. The maximum atomic E-state index is 12.3. The number of carbonyl (C=O) groups excluding carboxylic acids is 2. The highest BCUT2D eigenvalue weighted by atomic mass is 16.2. The van der Waals surface area contributed by atoms with E-state index in [1.54, 1.807) is 11.8 Å². The molecule has 1 N–H and O–H groups in total. The molecule has 3 atom stereocenters. The lowest BCUT2D eigenvalue weighted by Gasteiger charge is -2.43. The fraction of sp³-hybridized carbons (Fsp3) is 0.857. The molecule has 0 bridgehead atoms. The van der Waals surface area contributed by atoms with Crippen LogP contribution in [0.3, 0.4) is 0 Å². The summed E-state index contributed by atoms with van der Waals surface area (Å²) in [6.45, 7) is 12.0. The van der Waals surface area contributed by atoms with Crippen molar-refractivity contribution in [2.45, 2.75) is 66.1 Å². The van der Waals surface area contributed by atoms with E-state index in [1.807, 2.05) is 20.8 Å². The number of amides is 2. The Morgan fingerprint density at radius 1 is 1.17 bits per heavy atom. The van der Waals surface area contributed by atoms with E-state index >= 15 is 0 Å². The zero-order valence-corrected chi connectivity index (χ0v) is 12.4. The predicted molar refractivity (Wildman–Crippen MR) is 72.0 cm³/mol. The van der Waals surface area contributed by atoms with Gasteiger partial charge >= 0.3 is 0 Å². The van der Waals surface area contributed by atoms with Gasteiger partial charge in [-0.2, -0.15) is 0 Å². The van der Waals surface area contributed by atoms with Crippen LogP contribution in [-0.4, -0.2) is 34.8 Å². The maximum Gasteiger partial charge on any atom is 0.245 e. The van der Waals surface area contributed by atoms with E-state index in [9.17, 15) is 9.59 Å². The van der Waals surface area contributed by atoms with Gasteiger partial charge in [0.05, 0.1) is 0 Å². The average molecular weight is 254 g/mol. The Hall–Kier alpha value is -1.06. The third-order valence-electron chi connectivity index (χ3n) is 3.47. The van der Waals surface area contributed by atoms with Gasteiger partial charge in [-0.15, -0.1) is 0 Å². The normalized spacial score (nSPS) is 26.8. The molecule has 0 radical (unpaired) electrons. The Morgan fingerprint density at radius 3 is 2.17 bits per heavy atom. The lowest BCUT2D eigenvalue weighted by atomic mass is 9.93. The molecular formula is C14H26N2O2. The van der Waals surface area contributed by atoms with Crippen molar-refractivity contribution < 1.29 is 9.59 Å². The minimum atomic E-state index is -0.401. The summed E-state index contributed by atoms with van der Waals surface area (Å²) in [5.74, 6) is 0.672. The highest BCUT2D eigenvalue weighted by Crippen LogP contribution is 2.23. The Kier molecular flexibility index (Phi) is 4.77. The number of carbonyl (C=O) groups is 2. The molecule has 4 heteroatoms. The van der Waals surface area contributed by atoms with E-state index in [1.165, 1.54) is 0 Å². The van der Waals surface area contributed by atoms with Crippen molar-refractivity contribution in [2.24, 2.45) is 11.8 Å². The van der Waals surface area contributed by atoms with E-state index < -0.39 is 6.04 Å². The zero-order chi connectivity index (χ0) is 14.0. The summed E-state index contributed by atoms with van der Waals surface area (Å²) < 4.78 is 0. The van der Waals surface area contributed by atoms with Crippen LogP contribution in [0.5, 0.6) is 0 Å². The van der Waals surface area contributed by atoms with E-state index in [0.717, 1.165) is 6.42 Å². The van der Waals surface area contributed by atoms with Crippen LogP contribution in [0, 0.1) is 11.8 Å². The van der Waals surface area contributed by atoms with Crippen LogP contribution in [0.2, 0.25) is 0 Å². The Labute approximate surface area is 110 Å². The Bertz CT molecular complexity index is 326. The third-order valence-corrected chi connectivity index (χ3v) is 3.47. The maximum absolute atomic E-state index is 12.3. The molecule has 0 saturated carbocycles. The van der Waals surface area contributed by atoms with E-state index in [2.05, 4.69) is 19.2 Å². The molecule has 1 aliphatic rings. The summed E-state index contributed by atoms with van der Waals surface area (Å²) >= 11 is 0. The Balaban J connectivity index is 2.98. The lowest BCUT2D eigenvalue weighted by molar-refractivity contribution is -0.153. The van der Waals surface area contributed by atoms with Gasteiger partial charge in [0.25, 0.3) is 0 Å². The summed E-state index contributed by atoms with van der Waals surface area (Å²) in [5.41, 5.74) is 0. The van der Waals surface area contributed by atoms with Gasteiger partial charge in [0.15, 0.2) is 0 Å². The van der Waals surface area contributed by atoms with Crippen molar-refractivity contribution in [3.8, 4) is 0 Å². The molecule has 1 aliphatic heterocycles. The number of nitrogens with zero attached hydrogens (tertiary/aromatic N) is 1. The summed E-state index contributed by atoms with van der Waals surface area (Å²) in [7, 11) is 0. The molecule has 0 spiro atoms. The van der Waals surface area contributed by atoms with Crippen LogP contribution in [-0.2, 0) is 9.59 Å². The third kappa shape index (κ3) is 3.03. The summed E-state index contributed by atoms with van der Waals surface area (Å²) in [6, 6.07) is -0.622. The van der Waals surface area contributed by atoms with Gasteiger partial charge in [-0.3, -0.25) is 9.59 Å². The van der Waals surface area contributed by atoms with Crippen molar-refractivity contribution in [3.63, 3.8) is 0 Å². The molecule has 18 heavy (non-hydrogen) atoms. The van der Waals surface area contributed by atoms with Gasteiger partial charge in [0, 0.05) is 6.04 Å². The van der Waals surface area contributed by atoms with Crippen molar-refractivity contribution in [3.05, 3.63) is 0 Å². The van der Waals surface area contributed by atoms with E-state index in [4.69, 9.17) is 0 Å². The van der Waals surface area contributed by atoms with Gasteiger partial charge in [0.1, 0.15) is 12.1 Å². The minimum Gasteiger partial charge on any atom is -0.343 e. The van der Waals surface area contributed by atoms with Gasteiger partial charge < -0.3 is 10.2 Å². The molecule has 1 saturated heterocycles. The van der Waals surface area contributed by atoms with Crippen LogP contribution in [0.25, 0.3) is 0 Å². The predicted octanol–water partition coefficient (Wildman–Crippen LogP) is 1.79. The molecule has 0 aliphatic carbocycles. The number of rotatable bonds is 4. The highest BCUT2D eigenvalue weighted by molar-refractivity contribution is 5.97. The first-order chi connectivity index (χ1) is 8.25. The van der Waals surface area contributed by atoms with Crippen LogP contribution in [0.15, 0.2) is 0 Å². The van der Waals surface area contributed by atoms with Crippen molar-refractivity contribution in [2.75, 3.05) is 0 Å². The van der Waals surface area contributed by atoms with Crippen LogP contribution >= 0.6 is 0 Å². The van der Waals surface area contributed by atoms with Gasteiger partial charge in [-0.05, 0) is 32.1 Å². The molecule has 4 nitrogen and oxygen atoms in total. The molecule has 1 fully saturated rings. The van der Waals surface area contributed by atoms with Crippen LogP contribution in [0.4, 0.5) is 0 Å². The molecule has 2 amide bonds. The first-order valence-corrected chi connectivity index (χ1v) is 6.88. The average Bonchev–Trinajstić information content (AvgIpc) is 2.20.